The highest BCUT2D eigenvalue weighted by molar-refractivity contribution is 7.97. The fourth-order valence-corrected chi connectivity index (χ4v) is 4.26. The third-order valence-electron chi connectivity index (χ3n) is 4.74. The summed E-state index contributed by atoms with van der Waals surface area (Å²) in [5.74, 6) is -2.22. The van der Waals surface area contributed by atoms with Crippen LogP contribution in [0.4, 0.5) is 23.2 Å². The van der Waals surface area contributed by atoms with Crippen LogP contribution in [0.1, 0.15) is 30.1 Å². The fourth-order valence-electron chi connectivity index (χ4n) is 3.20. The lowest BCUT2D eigenvalue weighted by atomic mass is 10.0. The first-order valence-corrected chi connectivity index (χ1v) is 10.7. The Morgan fingerprint density at radius 2 is 2.06 bits per heavy atom. The molecule has 0 amide bonds. The van der Waals surface area contributed by atoms with Crippen LogP contribution in [-0.4, -0.2) is 23.9 Å². The highest BCUT2D eigenvalue weighted by Crippen LogP contribution is 2.42. The molecule has 0 saturated carbocycles. The Morgan fingerprint density at radius 3 is 2.72 bits per heavy atom. The van der Waals surface area contributed by atoms with Crippen LogP contribution in [-0.2, 0) is 0 Å². The molecule has 0 aromatic heterocycles. The van der Waals surface area contributed by atoms with E-state index in [4.69, 9.17) is 11.6 Å². The Hall–Kier alpha value is -2.49. The summed E-state index contributed by atoms with van der Waals surface area (Å²) in [4.78, 5) is 13.9. The SMILES string of the molecule is C/C=C(\C=C/CCC(F)(F)F)N1CNSc2cc(-c3ccc(F)c(C(=O)O)c3)c(Cl)cc21. The molecule has 0 atom stereocenters. The quantitative estimate of drug-likeness (QED) is 0.261. The maximum absolute atomic E-state index is 13.8. The molecule has 170 valence electrons. The van der Waals surface area contributed by atoms with Crippen LogP contribution < -0.4 is 9.62 Å². The molecular formula is C22H19ClF4N2O2S. The number of allylic oxidation sites excluding steroid dienone is 3. The highest BCUT2D eigenvalue weighted by atomic mass is 35.5. The van der Waals surface area contributed by atoms with E-state index in [0.29, 0.717) is 28.5 Å². The van der Waals surface area contributed by atoms with Crippen LogP contribution in [0.3, 0.4) is 0 Å². The summed E-state index contributed by atoms with van der Waals surface area (Å²) in [6.45, 7) is 2.18. The summed E-state index contributed by atoms with van der Waals surface area (Å²) in [6, 6.07) is 7.23. The van der Waals surface area contributed by atoms with E-state index < -0.39 is 29.9 Å². The second-order valence-corrected chi connectivity index (χ2v) is 8.24. The van der Waals surface area contributed by atoms with Crippen molar-refractivity contribution in [3.05, 3.63) is 70.7 Å². The van der Waals surface area contributed by atoms with Gasteiger partial charge in [0.1, 0.15) is 5.82 Å². The lowest BCUT2D eigenvalue weighted by molar-refractivity contribution is -0.133. The number of anilines is 1. The van der Waals surface area contributed by atoms with E-state index in [9.17, 15) is 27.5 Å². The van der Waals surface area contributed by atoms with Crippen molar-refractivity contribution in [1.82, 2.24) is 4.72 Å². The van der Waals surface area contributed by atoms with Crippen LogP contribution in [0.25, 0.3) is 11.1 Å². The van der Waals surface area contributed by atoms with E-state index >= 15 is 0 Å². The summed E-state index contributed by atoms with van der Waals surface area (Å²) >= 11 is 7.84. The van der Waals surface area contributed by atoms with Gasteiger partial charge in [-0.2, -0.15) is 13.2 Å². The summed E-state index contributed by atoms with van der Waals surface area (Å²) in [6.07, 6.45) is -0.329. The Kier molecular flexibility index (Phi) is 7.53. The lowest BCUT2D eigenvalue weighted by Crippen LogP contribution is -2.33. The van der Waals surface area contributed by atoms with E-state index in [1.54, 1.807) is 31.2 Å². The van der Waals surface area contributed by atoms with Gasteiger partial charge in [-0.1, -0.05) is 29.8 Å². The number of benzene rings is 2. The average molecular weight is 487 g/mol. The molecule has 2 N–H and O–H groups in total. The number of nitrogens with one attached hydrogen (secondary N) is 1. The number of hydrogen-bond acceptors (Lipinski definition) is 4. The minimum atomic E-state index is -4.21. The van der Waals surface area contributed by atoms with Gasteiger partial charge in [-0.15, -0.1) is 0 Å². The predicted octanol–water partition coefficient (Wildman–Crippen LogP) is 7.02. The van der Waals surface area contributed by atoms with Gasteiger partial charge in [-0.3, -0.25) is 0 Å². The molecule has 0 radical (unpaired) electrons. The number of hydrogen-bond donors (Lipinski definition) is 2. The van der Waals surface area contributed by atoms with Gasteiger partial charge in [0.25, 0.3) is 0 Å². The van der Waals surface area contributed by atoms with E-state index in [1.165, 1.54) is 30.2 Å². The molecule has 2 aromatic carbocycles. The molecule has 10 heteroatoms. The van der Waals surface area contributed by atoms with Crippen molar-refractivity contribution < 1.29 is 27.5 Å². The van der Waals surface area contributed by atoms with E-state index in [-0.39, 0.29) is 6.42 Å². The van der Waals surface area contributed by atoms with Gasteiger partial charge < -0.3 is 10.0 Å². The molecule has 1 aliphatic heterocycles. The van der Waals surface area contributed by atoms with Crippen molar-refractivity contribution in [3.63, 3.8) is 0 Å². The maximum atomic E-state index is 13.8. The van der Waals surface area contributed by atoms with Gasteiger partial charge in [0.15, 0.2) is 0 Å². The topological polar surface area (TPSA) is 52.6 Å². The van der Waals surface area contributed by atoms with Crippen molar-refractivity contribution in [2.24, 2.45) is 0 Å². The Bertz CT molecular complexity index is 1090. The second-order valence-electron chi connectivity index (χ2n) is 6.90. The third kappa shape index (κ3) is 5.65. The van der Waals surface area contributed by atoms with Crippen molar-refractivity contribution in [3.8, 4) is 11.1 Å². The summed E-state index contributed by atoms with van der Waals surface area (Å²) in [7, 11) is 0. The summed E-state index contributed by atoms with van der Waals surface area (Å²) in [5, 5.41) is 9.52. The van der Waals surface area contributed by atoms with Crippen LogP contribution >= 0.6 is 23.5 Å². The van der Waals surface area contributed by atoms with Crippen LogP contribution in [0.15, 0.2) is 59.2 Å². The molecule has 1 heterocycles. The molecule has 2 aromatic rings. The minimum absolute atomic E-state index is 0.125. The molecule has 3 rings (SSSR count). The van der Waals surface area contributed by atoms with E-state index in [2.05, 4.69) is 4.72 Å². The lowest BCUT2D eigenvalue weighted by Gasteiger charge is -2.32. The molecule has 0 aliphatic carbocycles. The second kappa shape index (κ2) is 9.97. The zero-order valence-electron chi connectivity index (χ0n) is 16.8. The number of halogens is 5. The number of rotatable bonds is 6. The minimum Gasteiger partial charge on any atom is -0.478 e. The number of carboxylic acid groups (broad SMARTS) is 1. The molecule has 32 heavy (non-hydrogen) atoms. The standard InChI is InChI=1S/C22H19ClF4N2O2S/c1-2-14(5-3-4-8-22(25,26)27)29-12-28-32-20-10-15(17(23)11-19(20)29)13-6-7-18(24)16(9-13)21(30)31/h2-3,5-7,9-11,28H,4,8,12H2,1H3,(H,30,31)/b5-3-,14-2+. The first-order chi connectivity index (χ1) is 15.1. The number of fused-ring (bicyclic) bond motifs is 1. The van der Waals surface area contributed by atoms with Gasteiger partial charge >= 0.3 is 12.1 Å². The Morgan fingerprint density at radius 1 is 1.31 bits per heavy atom. The number of aromatic carboxylic acids is 1. The van der Waals surface area contributed by atoms with Gasteiger partial charge in [-0.25, -0.2) is 13.9 Å². The van der Waals surface area contributed by atoms with Gasteiger partial charge in [-0.05, 0) is 61.2 Å². The number of carboxylic acids is 1. The number of nitrogens with zero attached hydrogens (tertiary/aromatic N) is 1. The zero-order valence-corrected chi connectivity index (χ0v) is 18.4. The van der Waals surface area contributed by atoms with Crippen molar-refractivity contribution in [2.45, 2.75) is 30.8 Å². The van der Waals surface area contributed by atoms with Crippen LogP contribution in [0.5, 0.6) is 0 Å². The summed E-state index contributed by atoms with van der Waals surface area (Å²) in [5.41, 5.74) is 1.97. The molecule has 1 aliphatic rings. The van der Waals surface area contributed by atoms with Gasteiger partial charge in [0, 0.05) is 22.6 Å². The van der Waals surface area contributed by atoms with Crippen molar-refractivity contribution in [1.29, 1.82) is 0 Å². The molecule has 0 bridgehead atoms. The molecule has 4 nitrogen and oxygen atoms in total. The van der Waals surface area contributed by atoms with Crippen LogP contribution in [0, 0.1) is 5.82 Å². The Labute approximate surface area is 191 Å². The number of alkyl halides is 3. The predicted molar refractivity (Wildman–Crippen MR) is 118 cm³/mol. The molecule has 0 saturated heterocycles. The first-order valence-electron chi connectivity index (χ1n) is 9.54. The molecular weight excluding hydrogens is 468 g/mol. The third-order valence-corrected chi connectivity index (χ3v) is 5.88. The van der Waals surface area contributed by atoms with E-state index in [0.717, 1.165) is 16.6 Å². The monoisotopic (exact) mass is 486 g/mol. The summed E-state index contributed by atoms with van der Waals surface area (Å²) < 4.78 is 54.1. The number of carbonyl (C=O) groups is 1. The first kappa shape index (κ1) is 24.2. The van der Waals surface area contributed by atoms with E-state index in [1.807, 2.05) is 4.90 Å². The molecule has 0 spiro atoms. The fraction of sp³-hybridized carbons (Fsp3) is 0.227. The normalized spacial score (nSPS) is 14.7. The van der Waals surface area contributed by atoms with Crippen molar-refractivity contribution in [2.75, 3.05) is 11.6 Å². The smallest absolute Gasteiger partial charge is 0.389 e. The largest absolute Gasteiger partial charge is 0.478 e. The maximum Gasteiger partial charge on any atom is 0.389 e. The average Bonchev–Trinajstić information content (AvgIpc) is 2.73. The van der Waals surface area contributed by atoms with Crippen molar-refractivity contribution >= 4 is 35.2 Å². The van der Waals surface area contributed by atoms with Gasteiger partial charge in [0.2, 0.25) is 0 Å². The van der Waals surface area contributed by atoms with Gasteiger partial charge in [0.05, 0.1) is 22.9 Å². The highest BCUT2D eigenvalue weighted by Gasteiger charge is 2.26. The zero-order chi connectivity index (χ0) is 23.5. The molecule has 0 unspecified atom stereocenters. The molecule has 0 fully saturated rings. The van der Waals surface area contributed by atoms with Crippen LogP contribution in [0.2, 0.25) is 5.02 Å². The Balaban J connectivity index is 1.92.